The van der Waals surface area contributed by atoms with Crippen LogP contribution in [0.1, 0.15) is 26.3 Å². The highest BCUT2D eigenvalue weighted by molar-refractivity contribution is 9.11. The van der Waals surface area contributed by atoms with Crippen molar-refractivity contribution in [3.8, 4) is 33.4 Å². The van der Waals surface area contributed by atoms with E-state index < -0.39 is 0 Å². The molecular formula is C60H47Br2N3. The molecule has 0 aromatic heterocycles. The Morgan fingerprint density at radius 3 is 1.06 bits per heavy atom. The van der Waals surface area contributed by atoms with Crippen molar-refractivity contribution < 1.29 is 0 Å². The fourth-order valence-corrected chi connectivity index (χ4v) is 9.99. The molecule has 0 aliphatic rings. The lowest BCUT2D eigenvalue weighted by atomic mass is 9.85. The standard InChI is InChI=1S/C60H47Br2N3/c1-60(2,3)46-28-24-40(25-29-46)45-36-55(53-34-41-26-30-51(32-43(41)38-57(53)61)64(47-16-8-4-9-17-47)48-18-10-5-11-19-48)59(63)56(37-45)54-35-42-27-31-52(33-44(42)39-58(54)62)65(49-20-12-6-13-21-49)50-22-14-7-15-23-50/h4-39H,63H2,1-3H3. The van der Waals surface area contributed by atoms with Crippen molar-refractivity contribution in [2.45, 2.75) is 26.2 Å². The molecule has 0 unspecified atom stereocenters. The number of halogens is 2. The average Bonchev–Trinajstić information content (AvgIpc) is 3.33. The summed E-state index contributed by atoms with van der Waals surface area (Å²) in [5.74, 6) is 0. The van der Waals surface area contributed by atoms with E-state index >= 15 is 0 Å². The maximum atomic E-state index is 7.43. The molecule has 65 heavy (non-hydrogen) atoms. The van der Waals surface area contributed by atoms with Gasteiger partial charge in [-0.2, -0.15) is 0 Å². The van der Waals surface area contributed by atoms with E-state index in [2.05, 4.69) is 281 Å². The van der Waals surface area contributed by atoms with Gasteiger partial charge in [-0.05, 0) is 164 Å². The van der Waals surface area contributed by atoms with E-state index in [0.717, 1.165) is 98.0 Å². The molecule has 3 nitrogen and oxygen atoms in total. The summed E-state index contributed by atoms with van der Waals surface area (Å²) in [7, 11) is 0. The summed E-state index contributed by atoms with van der Waals surface area (Å²) in [6.45, 7) is 6.76. The molecule has 2 N–H and O–H groups in total. The number of hydrogen-bond acceptors (Lipinski definition) is 3. The minimum atomic E-state index is 0.0417. The van der Waals surface area contributed by atoms with Gasteiger partial charge in [0, 0.05) is 59.9 Å². The third-order valence-electron chi connectivity index (χ3n) is 12.2. The number of para-hydroxylation sites is 4. The molecule has 0 amide bonds. The normalized spacial score (nSPS) is 11.5. The number of anilines is 7. The molecule has 5 heteroatoms. The first-order valence-corrected chi connectivity index (χ1v) is 23.5. The Balaban J connectivity index is 1.10. The zero-order chi connectivity index (χ0) is 44.7. The number of benzene rings is 10. The number of rotatable bonds is 9. The van der Waals surface area contributed by atoms with E-state index in [1.165, 1.54) is 5.56 Å². The molecule has 0 aliphatic heterocycles. The van der Waals surface area contributed by atoms with Gasteiger partial charge in [-0.1, -0.05) is 162 Å². The maximum Gasteiger partial charge on any atom is 0.0474 e. The third-order valence-corrected chi connectivity index (χ3v) is 13.6. The van der Waals surface area contributed by atoms with Crippen molar-refractivity contribution >= 4 is 93.2 Å². The molecular weight excluding hydrogens is 922 g/mol. The van der Waals surface area contributed by atoms with Crippen LogP contribution in [0, 0.1) is 0 Å². The fourth-order valence-electron chi connectivity index (χ4n) is 8.84. The first-order valence-electron chi connectivity index (χ1n) is 21.9. The van der Waals surface area contributed by atoms with Crippen molar-refractivity contribution in [2.24, 2.45) is 0 Å². The molecule has 0 heterocycles. The number of hydrogen-bond donors (Lipinski definition) is 1. The molecule has 0 saturated carbocycles. The first-order chi connectivity index (χ1) is 31.6. The van der Waals surface area contributed by atoms with Gasteiger partial charge in [-0.25, -0.2) is 0 Å². The molecule has 0 bridgehead atoms. The zero-order valence-electron chi connectivity index (χ0n) is 36.5. The van der Waals surface area contributed by atoms with E-state index in [4.69, 9.17) is 5.73 Å². The lowest BCUT2D eigenvalue weighted by Crippen LogP contribution is -2.10. The van der Waals surface area contributed by atoms with Crippen molar-refractivity contribution in [1.29, 1.82) is 0 Å². The summed E-state index contributed by atoms with van der Waals surface area (Å²) in [4.78, 5) is 4.59. The van der Waals surface area contributed by atoms with Crippen LogP contribution in [0.3, 0.4) is 0 Å². The molecule has 10 aromatic rings. The summed E-state index contributed by atoms with van der Waals surface area (Å²) < 4.78 is 1.94. The zero-order valence-corrected chi connectivity index (χ0v) is 39.7. The third kappa shape index (κ3) is 8.46. The Bertz CT molecular complexity index is 3040. The Kier molecular flexibility index (Phi) is 11.4. The van der Waals surface area contributed by atoms with Gasteiger partial charge >= 0.3 is 0 Å². The summed E-state index contributed by atoms with van der Waals surface area (Å²) in [5, 5.41) is 4.49. The summed E-state index contributed by atoms with van der Waals surface area (Å²) >= 11 is 8.10. The molecule has 0 radical (unpaired) electrons. The van der Waals surface area contributed by atoms with Crippen LogP contribution in [0.25, 0.3) is 54.9 Å². The van der Waals surface area contributed by atoms with Crippen LogP contribution in [0.2, 0.25) is 0 Å². The highest BCUT2D eigenvalue weighted by Gasteiger charge is 2.21. The molecule has 0 aliphatic carbocycles. The number of nitrogens with two attached hydrogens (primary N) is 1. The van der Waals surface area contributed by atoms with Crippen molar-refractivity contribution in [3.05, 3.63) is 233 Å². The van der Waals surface area contributed by atoms with Crippen LogP contribution >= 0.6 is 31.9 Å². The van der Waals surface area contributed by atoms with Crippen molar-refractivity contribution in [3.63, 3.8) is 0 Å². The summed E-state index contributed by atoms with van der Waals surface area (Å²) in [5.41, 5.74) is 22.3. The van der Waals surface area contributed by atoms with E-state index in [1.807, 2.05) is 0 Å². The molecule has 10 rings (SSSR count). The van der Waals surface area contributed by atoms with E-state index in [1.54, 1.807) is 0 Å². The van der Waals surface area contributed by atoms with E-state index in [-0.39, 0.29) is 5.41 Å². The molecule has 0 fully saturated rings. The smallest absolute Gasteiger partial charge is 0.0474 e. The largest absolute Gasteiger partial charge is 0.398 e. The second-order valence-corrected chi connectivity index (χ2v) is 19.3. The Labute approximate surface area is 398 Å². The maximum absolute atomic E-state index is 7.43. The minimum Gasteiger partial charge on any atom is -0.398 e. The number of fused-ring (bicyclic) bond motifs is 2. The van der Waals surface area contributed by atoms with Gasteiger partial charge in [-0.3, -0.25) is 0 Å². The SMILES string of the molecule is CC(C)(C)c1ccc(-c2cc(-c3cc4ccc(N(c5ccccc5)c5ccccc5)cc4cc3Br)c(N)c(-c3cc4ccc(N(c5ccccc5)c5ccccc5)cc4cc3Br)c2)cc1. The highest BCUT2D eigenvalue weighted by atomic mass is 79.9. The topological polar surface area (TPSA) is 32.5 Å². The van der Waals surface area contributed by atoms with Crippen LogP contribution in [-0.4, -0.2) is 0 Å². The van der Waals surface area contributed by atoms with E-state index in [9.17, 15) is 0 Å². The minimum absolute atomic E-state index is 0.0417. The number of nitrogens with zero attached hydrogens (tertiary/aromatic N) is 2. The quantitative estimate of drug-likeness (QED) is 0.146. The highest BCUT2D eigenvalue weighted by Crippen LogP contribution is 2.47. The Hall–Kier alpha value is -6.92. The molecule has 10 aromatic carbocycles. The lowest BCUT2D eigenvalue weighted by Gasteiger charge is -2.26. The molecule has 0 spiro atoms. The summed E-state index contributed by atoms with van der Waals surface area (Å²) in [6.07, 6.45) is 0. The monoisotopic (exact) mass is 967 g/mol. The van der Waals surface area contributed by atoms with Gasteiger partial charge in [0.1, 0.15) is 0 Å². The van der Waals surface area contributed by atoms with Crippen LogP contribution < -0.4 is 15.5 Å². The van der Waals surface area contributed by atoms with Crippen LogP contribution in [-0.2, 0) is 5.41 Å². The van der Waals surface area contributed by atoms with Gasteiger partial charge in [-0.15, -0.1) is 0 Å². The van der Waals surface area contributed by atoms with Crippen molar-refractivity contribution in [1.82, 2.24) is 0 Å². The molecule has 0 saturated heterocycles. The lowest BCUT2D eigenvalue weighted by molar-refractivity contribution is 0.590. The van der Waals surface area contributed by atoms with Gasteiger partial charge in [0.15, 0.2) is 0 Å². The second kappa shape index (κ2) is 17.6. The Morgan fingerprint density at radius 2 is 0.708 bits per heavy atom. The van der Waals surface area contributed by atoms with Gasteiger partial charge < -0.3 is 15.5 Å². The fraction of sp³-hybridized carbons (Fsp3) is 0.0667. The van der Waals surface area contributed by atoms with E-state index in [0.29, 0.717) is 5.69 Å². The second-order valence-electron chi connectivity index (χ2n) is 17.6. The van der Waals surface area contributed by atoms with Crippen LogP contribution in [0.4, 0.5) is 39.8 Å². The first kappa shape index (κ1) is 42.1. The van der Waals surface area contributed by atoms with Crippen molar-refractivity contribution in [2.75, 3.05) is 15.5 Å². The predicted molar refractivity (Wildman–Crippen MR) is 286 cm³/mol. The van der Waals surface area contributed by atoms with Gasteiger partial charge in [0.25, 0.3) is 0 Å². The molecule has 0 atom stereocenters. The van der Waals surface area contributed by atoms with Crippen LogP contribution in [0.15, 0.2) is 227 Å². The summed E-state index contributed by atoms with van der Waals surface area (Å²) in [6, 6.07) is 77.9. The van der Waals surface area contributed by atoms with Gasteiger partial charge in [0.05, 0.1) is 0 Å². The number of nitrogen functional groups attached to an aromatic ring is 1. The molecule has 316 valence electrons. The average molecular weight is 970 g/mol. The predicted octanol–water partition coefficient (Wildman–Crippen LogP) is 18.3. The van der Waals surface area contributed by atoms with Crippen LogP contribution in [0.5, 0.6) is 0 Å². The van der Waals surface area contributed by atoms with Gasteiger partial charge in [0.2, 0.25) is 0 Å². The Morgan fingerprint density at radius 1 is 0.338 bits per heavy atom.